The molecule has 7 heteroatoms. The van der Waals surface area contributed by atoms with E-state index in [2.05, 4.69) is 9.72 Å². The molecule has 0 fully saturated rings. The standard InChI is InChI=1S/C13H8ClF2NO3/c14-11-4-2-8(6-17-11)9-3-1-7(12(18)19)5-10(9)20-13(15)16/h1-6,13H,(H,18,19). The average molecular weight is 300 g/mol. The van der Waals surface area contributed by atoms with Crippen molar-refractivity contribution in [3.63, 3.8) is 0 Å². The third-order valence-electron chi connectivity index (χ3n) is 2.48. The zero-order valence-electron chi connectivity index (χ0n) is 9.89. The lowest BCUT2D eigenvalue weighted by molar-refractivity contribution is -0.0495. The minimum atomic E-state index is -3.06. The van der Waals surface area contributed by atoms with Crippen LogP contribution in [0.5, 0.6) is 5.75 Å². The molecule has 0 aliphatic carbocycles. The van der Waals surface area contributed by atoms with Gasteiger partial charge in [0.2, 0.25) is 0 Å². The van der Waals surface area contributed by atoms with Gasteiger partial charge in [0.25, 0.3) is 0 Å². The van der Waals surface area contributed by atoms with Crippen LogP contribution in [0.25, 0.3) is 11.1 Å². The molecule has 1 aromatic heterocycles. The fourth-order valence-electron chi connectivity index (χ4n) is 1.62. The van der Waals surface area contributed by atoms with Crippen molar-refractivity contribution in [3.05, 3.63) is 47.2 Å². The average Bonchev–Trinajstić information content (AvgIpc) is 2.39. The number of hydrogen-bond acceptors (Lipinski definition) is 3. The molecule has 20 heavy (non-hydrogen) atoms. The largest absolute Gasteiger partial charge is 0.478 e. The van der Waals surface area contributed by atoms with E-state index in [0.29, 0.717) is 11.1 Å². The first-order valence-electron chi connectivity index (χ1n) is 5.41. The second-order valence-electron chi connectivity index (χ2n) is 3.76. The topological polar surface area (TPSA) is 59.4 Å². The van der Waals surface area contributed by atoms with Gasteiger partial charge in [-0.3, -0.25) is 0 Å². The number of carbonyl (C=O) groups is 1. The Morgan fingerprint density at radius 3 is 2.60 bits per heavy atom. The normalized spacial score (nSPS) is 10.6. The van der Waals surface area contributed by atoms with Crippen molar-refractivity contribution in [3.8, 4) is 16.9 Å². The zero-order chi connectivity index (χ0) is 14.7. The predicted molar refractivity (Wildman–Crippen MR) is 68.3 cm³/mol. The van der Waals surface area contributed by atoms with Crippen LogP contribution in [0.2, 0.25) is 5.15 Å². The number of carboxylic acid groups (broad SMARTS) is 1. The van der Waals surface area contributed by atoms with Crippen molar-refractivity contribution in [2.24, 2.45) is 0 Å². The molecule has 0 saturated heterocycles. The molecule has 104 valence electrons. The van der Waals surface area contributed by atoms with Crippen molar-refractivity contribution < 1.29 is 23.4 Å². The number of halogens is 3. The number of aromatic nitrogens is 1. The highest BCUT2D eigenvalue weighted by molar-refractivity contribution is 6.29. The highest BCUT2D eigenvalue weighted by Gasteiger charge is 2.15. The zero-order valence-corrected chi connectivity index (χ0v) is 10.6. The van der Waals surface area contributed by atoms with Crippen molar-refractivity contribution >= 4 is 17.6 Å². The third-order valence-corrected chi connectivity index (χ3v) is 2.71. The van der Waals surface area contributed by atoms with Crippen LogP contribution in [0.15, 0.2) is 36.5 Å². The summed E-state index contributed by atoms with van der Waals surface area (Å²) in [4.78, 5) is 14.7. The summed E-state index contributed by atoms with van der Waals surface area (Å²) in [5, 5.41) is 9.13. The van der Waals surface area contributed by atoms with Crippen LogP contribution < -0.4 is 4.74 Å². The lowest BCUT2D eigenvalue weighted by Gasteiger charge is -2.11. The summed E-state index contributed by atoms with van der Waals surface area (Å²) >= 11 is 5.65. The van der Waals surface area contributed by atoms with E-state index >= 15 is 0 Å². The SMILES string of the molecule is O=C(O)c1ccc(-c2ccc(Cl)nc2)c(OC(F)F)c1. The number of benzene rings is 1. The molecule has 1 N–H and O–H groups in total. The van der Waals surface area contributed by atoms with Crippen LogP contribution in [0.1, 0.15) is 10.4 Å². The van der Waals surface area contributed by atoms with Gasteiger partial charge in [0.05, 0.1) is 5.56 Å². The summed E-state index contributed by atoms with van der Waals surface area (Å²) in [6.07, 6.45) is 1.39. The number of carboxylic acids is 1. The van der Waals surface area contributed by atoms with E-state index < -0.39 is 12.6 Å². The summed E-state index contributed by atoms with van der Waals surface area (Å²) < 4.78 is 29.2. The molecule has 1 heterocycles. The summed E-state index contributed by atoms with van der Waals surface area (Å²) in [6, 6.07) is 6.78. The van der Waals surface area contributed by atoms with Crippen LogP contribution in [0.4, 0.5) is 8.78 Å². The van der Waals surface area contributed by atoms with Crippen LogP contribution in [0, 0.1) is 0 Å². The Morgan fingerprint density at radius 1 is 1.30 bits per heavy atom. The molecule has 0 spiro atoms. The van der Waals surface area contributed by atoms with E-state index in [1.165, 1.54) is 24.4 Å². The number of alkyl halides is 2. The Kier molecular flexibility index (Phi) is 4.14. The Bertz CT molecular complexity index is 632. The molecule has 0 unspecified atom stereocenters. The maximum atomic E-state index is 12.4. The van der Waals surface area contributed by atoms with Gasteiger partial charge in [0.15, 0.2) is 0 Å². The van der Waals surface area contributed by atoms with Gasteiger partial charge in [-0.2, -0.15) is 8.78 Å². The molecule has 4 nitrogen and oxygen atoms in total. The third kappa shape index (κ3) is 3.21. The first-order chi connectivity index (χ1) is 9.47. The van der Waals surface area contributed by atoms with Gasteiger partial charge in [0.1, 0.15) is 10.9 Å². The molecule has 1 aromatic carbocycles. The molecule has 0 aliphatic heterocycles. The monoisotopic (exact) mass is 299 g/mol. The number of aromatic carboxylic acids is 1. The maximum absolute atomic E-state index is 12.4. The van der Waals surface area contributed by atoms with Gasteiger partial charge in [-0.05, 0) is 30.3 Å². The van der Waals surface area contributed by atoms with E-state index in [1.54, 1.807) is 6.07 Å². The van der Waals surface area contributed by atoms with Crippen molar-refractivity contribution in [2.45, 2.75) is 6.61 Å². The fourth-order valence-corrected chi connectivity index (χ4v) is 1.73. The van der Waals surface area contributed by atoms with E-state index in [1.807, 2.05) is 0 Å². The Morgan fingerprint density at radius 2 is 2.05 bits per heavy atom. The van der Waals surface area contributed by atoms with E-state index in [9.17, 15) is 13.6 Å². The van der Waals surface area contributed by atoms with Crippen LogP contribution in [-0.2, 0) is 0 Å². The number of pyridine rings is 1. The molecule has 0 amide bonds. The predicted octanol–water partition coefficient (Wildman–Crippen LogP) is 3.70. The summed E-state index contributed by atoms with van der Waals surface area (Å²) in [7, 11) is 0. The summed E-state index contributed by atoms with van der Waals surface area (Å²) in [5.41, 5.74) is 0.646. The molecule has 2 rings (SSSR count). The van der Waals surface area contributed by atoms with E-state index in [0.717, 1.165) is 6.07 Å². The number of rotatable bonds is 4. The second kappa shape index (κ2) is 5.83. The van der Waals surface area contributed by atoms with Gasteiger partial charge < -0.3 is 9.84 Å². The lowest BCUT2D eigenvalue weighted by atomic mass is 10.0. The summed E-state index contributed by atoms with van der Waals surface area (Å²) in [5.74, 6) is -1.46. The fraction of sp³-hybridized carbons (Fsp3) is 0.0769. The van der Waals surface area contributed by atoms with Gasteiger partial charge in [-0.1, -0.05) is 11.6 Å². The molecular formula is C13H8ClF2NO3. The maximum Gasteiger partial charge on any atom is 0.387 e. The van der Waals surface area contributed by atoms with Gasteiger partial charge in [-0.15, -0.1) is 0 Å². The summed E-state index contributed by atoms with van der Waals surface area (Å²) in [6.45, 7) is -3.06. The smallest absolute Gasteiger partial charge is 0.387 e. The Balaban J connectivity index is 2.50. The van der Waals surface area contributed by atoms with Crippen molar-refractivity contribution in [2.75, 3.05) is 0 Å². The Labute approximate surface area is 117 Å². The van der Waals surface area contributed by atoms with Gasteiger partial charge in [-0.25, -0.2) is 9.78 Å². The lowest BCUT2D eigenvalue weighted by Crippen LogP contribution is -2.05. The number of hydrogen-bond donors (Lipinski definition) is 1. The minimum Gasteiger partial charge on any atom is -0.478 e. The van der Waals surface area contributed by atoms with E-state index in [4.69, 9.17) is 16.7 Å². The highest BCUT2D eigenvalue weighted by Crippen LogP contribution is 2.32. The number of nitrogens with zero attached hydrogens (tertiary/aromatic N) is 1. The first kappa shape index (κ1) is 14.2. The minimum absolute atomic E-state index is 0.147. The van der Waals surface area contributed by atoms with Crippen LogP contribution in [0.3, 0.4) is 0 Å². The van der Waals surface area contributed by atoms with E-state index in [-0.39, 0.29) is 16.5 Å². The highest BCUT2D eigenvalue weighted by atomic mass is 35.5. The van der Waals surface area contributed by atoms with Gasteiger partial charge in [0, 0.05) is 17.3 Å². The molecule has 0 aliphatic rings. The van der Waals surface area contributed by atoms with Crippen LogP contribution in [-0.4, -0.2) is 22.7 Å². The van der Waals surface area contributed by atoms with Crippen molar-refractivity contribution in [1.29, 1.82) is 0 Å². The second-order valence-corrected chi connectivity index (χ2v) is 4.15. The van der Waals surface area contributed by atoms with Gasteiger partial charge >= 0.3 is 12.6 Å². The quantitative estimate of drug-likeness (QED) is 0.875. The number of ether oxygens (including phenoxy) is 1. The molecule has 0 bridgehead atoms. The first-order valence-corrected chi connectivity index (χ1v) is 5.79. The molecule has 0 saturated carbocycles. The molecular weight excluding hydrogens is 292 g/mol. The van der Waals surface area contributed by atoms with Crippen molar-refractivity contribution in [1.82, 2.24) is 4.98 Å². The molecule has 0 atom stereocenters. The molecule has 2 aromatic rings. The molecule has 0 radical (unpaired) electrons. The van der Waals surface area contributed by atoms with Crippen LogP contribution >= 0.6 is 11.6 Å². The Hall–Kier alpha value is -2.21.